The van der Waals surface area contributed by atoms with Crippen LogP contribution in [0.3, 0.4) is 0 Å². The molecule has 1 fully saturated rings. The van der Waals surface area contributed by atoms with E-state index in [1.165, 1.54) is 0 Å². The molecule has 0 radical (unpaired) electrons. The molecular formula is C16H21N5O2. The van der Waals surface area contributed by atoms with Crippen LogP contribution in [0.4, 0.5) is 5.82 Å². The monoisotopic (exact) mass is 315 g/mol. The molecule has 1 saturated heterocycles. The first-order valence-corrected chi connectivity index (χ1v) is 7.62. The number of nitrogens with one attached hydrogen (secondary N) is 1. The Balaban J connectivity index is 1.59. The number of hydrogen-bond acceptors (Lipinski definition) is 5. The van der Waals surface area contributed by atoms with E-state index < -0.39 is 0 Å². The molecule has 7 nitrogen and oxygen atoms in total. The molecule has 1 aliphatic heterocycles. The van der Waals surface area contributed by atoms with Crippen molar-refractivity contribution in [1.82, 2.24) is 19.7 Å². The van der Waals surface area contributed by atoms with E-state index in [9.17, 15) is 4.79 Å². The van der Waals surface area contributed by atoms with Gasteiger partial charge in [0, 0.05) is 38.3 Å². The molecule has 0 aromatic carbocycles. The summed E-state index contributed by atoms with van der Waals surface area (Å²) in [5, 5.41) is 7.28. The second-order valence-electron chi connectivity index (χ2n) is 5.79. The Morgan fingerprint density at radius 2 is 2.17 bits per heavy atom. The van der Waals surface area contributed by atoms with Crippen LogP contribution < -0.4 is 5.32 Å². The number of hydrogen-bond donors (Lipinski definition) is 1. The SMILES string of the molecule is CO[C@H]1C[C@@H](C(=O)Nc2ccn(Cc3ccncc3)n2)N(C)C1. The van der Waals surface area contributed by atoms with Gasteiger partial charge in [-0.1, -0.05) is 0 Å². The molecule has 0 saturated carbocycles. The largest absolute Gasteiger partial charge is 0.380 e. The van der Waals surface area contributed by atoms with Gasteiger partial charge in [0.05, 0.1) is 18.7 Å². The number of nitrogens with zero attached hydrogens (tertiary/aromatic N) is 4. The van der Waals surface area contributed by atoms with E-state index >= 15 is 0 Å². The topological polar surface area (TPSA) is 72.3 Å². The Kier molecular flexibility index (Phi) is 4.68. The molecule has 2 aromatic rings. The molecule has 0 bridgehead atoms. The van der Waals surface area contributed by atoms with Crippen LogP contribution in [0.2, 0.25) is 0 Å². The Morgan fingerprint density at radius 1 is 1.39 bits per heavy atom. The average Bonchev–Trinajstić information content (AvgIpc) is 3.14. The van der Waals surface area contributed by atoms with E-state index in [1.807, 2.05) is 36.3 Å². The number of methoxy groups -OCH3 is 1. The summed E-state index contributed by atoms with van der Waals surface area (Å²) >= 11 is 0. The van der Waals surface area contributed by atoms with Gasteiger partial charge in [-0.3, -0.25) is 19.4 Å². The highest BCUT2D eigenvalue weighted by Gasteiger charge is 2.34. The average molecular weight is 315 g/mol. The second-order valence-corrected chi connectivity index (χ2v) is 5.79. The summed E-state index contributed by atoms with van der Waals surface area (Å²) < 4.78 is 7.13. The van der Waals surface area contributed by atoms with E-state index in [4.69, 9.17) is 4.74 Å². The zero-order valence-electron chi connectivity index (χ0n) is 13.3. The molecule has 23 heavy (non-hydrogen) atoms. The zero-order valence-corrected chi connectivity index (χ0v) is 13.3. The van der Waals surface area contributed by atoms with Crippen molar-refractivity contribution in [1.29, 1.82) is 0 Å². The lowest BCUT2D eigenvalue weighted by Gasteiger charge is -2.17. The lowest BCUT2D eigenvalue weighted by molar-refractivity contribution is -0.120. The number of anilines is 1. The third kappa shape index (κ3) is 3.75. The summed E-state index contributed by atoms with van der Waals surface area (Å²) in [4.78, 5) is 18.4. The van der Waals surface area contributed by atoms with Gasteiger partial charge in [0.2, 0.25) is 5.91 Å². The second kappa shape index (κ2) is 6.89. The van der Waals surface area contributed by atoms with Crippen LogP contribution in [0, 0.1) is 0 Å². The lowest BCUT2D eigenvalue weighted by atomic mass is 10.2. The Labute approximate surface area is 135 Å². The van der Waals surface area contributed by atoms with Crippen LogP contribution in [0.25, 0.3) is 0 Å². The zero-order chi connectivity index (χ0) is 16.2. The summed E-state index contributed by atoms with van der Waals surface area (Å²) in [6, 6.07) is 5.52. The Morgan fingerprint density at radius 3 is 2.87 bits per heavy atom. The van der Waals surface area contributed by atoms with Crippen molar-refractivity contribution in [3.05, 3.63) is 42.4 Å². The van der Waals surface area contributed by atoms with Gasteiger partial charge in [-0.2, -0.15) is 5.10 Å². The first kappa shape index (κ1) is 15.6. The minimum Gasteiger partial charge on any atom is -0.380 e. The summed E-state index contributed by atoms with van der Waals surface area (Å²) in [5.41, 5.74) is 1.11. The van der Waals surface area contributed by atoms with Crippen molar-refractivity contribution >= 4 is 11.7 Å². The Hall–Kier alpha value is -2.25. The minimum atomic E-state index is -0.176. The third-order valence-corrected chi connectivity index (χ3v) is 4.13. The summed E-state index contributed by atoms with van der Waals surface area (Å²) in [6.45, 7) is 1.42. The smallest absolute Gasteiger partial charge is 0.243 e. The molecule has 3 heterocycles. The molecule has 1 aliphatic rings. The fourth-order valence-electron chi connectivity index (χ4n) is 2.83. The first-order chi connectivity index (χ1) is 11.2. The molecular weight excluding hydrogens is 294 g/mol. The molecule has 0 unspecified atom stereocenters. The molecule has 3 rings (SSSR count). The summed E-state index contributed by atoms with van der Waals surface area (Å²) in [6.07, 6.45) is 6.18. The summed E-state index contributed by atoms with van der Waals surface area (Å²) in [7, 11) is 3.62. The number of likely N-dealkylation sites (tertiary alicyclic amines) is 1. The van der Waals surface area contributed by atoms with Gasteiger partial charge in [0.15, 0.2) is 5.82 Å². The number of rotatable bonds is 5. The first-order valence-electron chi connectivity index (χ1n) is 7.62. The highest BCUT2D eigenvalue weighted by Crippen LogP contribution is 2.19. The van der Waals surface area contributed by atoms with Crippen molar-refractivity contribution in [2.24, 2.45) is 0 Å². The van der Waals surface area contributed by atoms with E-state index in [2.05, 4.69) is 15.4 Å². The van der Waals surface area contributed by atoms with Gasteiger partial charge >= 0.3 is 0 Å². The van der Waals surface area contributed by atoms with Gasteiger partial charge in [0.1, 0.15) is 0 Å². The van der Waals surface area contributed by atoms with Crippen molar-refractivity contribution in [3.63, 3.8) is 0 Å². The number of pyridine rings is 1. The van der Waals surface area contributed by atoms with Crippen LogP contribution in [0.15, 0.2) is 36.8 Å². The predicted octanol–water partition coefficient (Wildman–Crippen LogP) is 0.984. The molecule has 7 heteroatoms. The highest BCUT2D eigenvalue weighted by atomic mass is 16.5. The van der Waals surface area contributed by atoms with Crippen LogP contribution >= 0.6 is 0 Å². The van der Waals surface area contributed by atoms with Crippen LogP contribution in [-0.2, 0) is 16.1 Å². The molecule has 1 N–H and O–H groups in total. The van der Waals surface area contributed by atoms with Gasteiger partial charge in [0.25, 0.3) is 0 Å². The number of aromatic nitrogens is 3. The standard InChI is InChI=1S/C16H21N5O2/c1-20-11-13(23-2)9-14(20)16(22)18-15-5-8-21(19-15)10-12-3-6-17-7-4-12/h3-8,13-14H,9-11H2,1-2H3,(H,18,19,22)/t13-,14-/m0/s1. The van der Waals surface area contributed by atoms with Crippen LogP contribution in [-0.4, -0.2) is 58.4 Å². The van der Waals surface area contributed by atoms with Crippen LogP contribution in [0.5, 0.6) is 0 Å². The van der Waals surface area contributed by atoms with Crippen molar-refractivity contribution in [2.45, 2.75) is 25.1 Å². The van der Waals surface area contributed by atoms with E-state index in [0.717, 1.165) is 12.1 Å². The molecule has 2 aromatic heterocycles. The van der Waals surface area contributed by atoms with E-state index in [0.29, 0.717) is 18.8 Å². The maximum Gasteiger partial charge on any atom is 0.243 e. The van der Waals surface area contributed by atoms with Gasteiger partial charge in [-0.05, 0) is 31.2 Å². The summed E-state index contributed by atoms with van der Waals surface area (Å²) in [5.74, 6) is 0.527. The number of ether oxygens (including phenoxy) is 1. The van der Waals surface area contributed by atoms with Crippen molar-refractivity contribution in [3.8, 4) is 0 Å². The van der Waals surface area contributed by atoms with Gasteiger partial charge in [-0.25, -0.2) is 0 Å². The molecule has 0 spiro atoms. The van der Waals surface area contributed by atoms with Gasteiger partial charge < -0.3 is 10.1 Å². The number of carbonyl (C=O) groups excluding carboxylic acids is 1. The number of carbonyl (C=O) groups is 1. The fourth-order valence-corrected chi connectivity index (χ4v) is 2.83. The predicted molar refractivity (Wildman–Crippen MR) is 86.0 cm³/mol. The Bertz CT molecular complexity index is 658. The number of likely N-dealkylation sites (N-methyl/N-ethyl adjacent to an activating group) is 1. The van der Waals surface area contributed by atoms with Crippen molar-refractivity contribution < 1.29 is 9.53 Å². The van der Waals surface area contributed by atoms with Gasteiger partial charge in [-0.15, -0.1) is 0 Å². The van der Waals surface area contributed by atoms with E-state index in [-0.39, 0.29) is 18.1 Å². The van der Waals surface area contributed by atoms with Crippen molar-refractivity contribution in [2.75, 3.05) is 26.0 Å². The minimum absolute atomic E-state index is 0.0405. The number of amides is 1. The molecule has 0 aliphatic carbocycles. The molecule has 1 amide bonds. The fraction of sp³-hybridized carbons (Fsp3) is 0.438. The molecule has 2 atom stereocenters. The normalized spacial score (nSPS) is 21.5. The highest BCUT2D eigenvalue weighted by molar-refractivity contribution is 5.94. The van der Waals surface area contributed by atoms with E-state index in [1.54, 1.807) is 24.2 Å². The van der Waals surface area contributed by atoms with Crippen LogP contribution in [0.1, 0.15) is 12.0 Å². The molecule has 122 valence electrons. The quantitative estimate of drug-likeness (QED) is 0.890. The third-order valence-electron chi connectivity index (χ3n) is 4.13. The maximum atomic E-state index is 12.4. The maximum absolute atomic E-state index is 12.4. The lowest BCUT2D eigenvalue weighted by Crippen LogP contribution is -2.37.